The van der Waals surface area contributed by atoms with E-state index in [-0.39, 0.29) is 5.82 Å². The number of unbranched alkanes of at least 4 members (excludes halogenated alkanes) is 5. The molecule has 0 aliphatic heterocycles. The van der Waals surface area contributed by atoms with Crippen LogP contribution in [0.25, 0.3) is 22.4 Å². The molecule has 0 fully saturated rings. The number of pyridine rings is 1. The van der Waals surface area contributed by atoms with Gasteiger partial charge in [-0.25, -0.2) is 4.98 Å². The fourth-order valence-corrected chi connectivity index (χ4v) is 3.99. The normalized spacial score (nSPS) is 10.6. The van der Waals surface area contributed by atoms with Crippen LogP contribution in [0.2, 0.25) is 0 Å². The fourth-order valence-electron chi connectivity index (χ4n) is 3.99. The molecule has 33 heavy (non-hydrogen) atoms. The third-order valence-corrected chi connectivity index (χ3v) is 5.85. The second kappa shape index (κ2) is 11.9. The number of aromatic nitrogens is 1. The van der Waals surface area contributed by atoms with Gasteiger partial charge in [0.15, 0.2) is 0 Å². The number of hydrogen-bond acceptors (Lipinski definition) is 5. The Balaban J connectivity index is 1.80. The molecule has 0 amide bonds. The van der Waals surface area contributed by atoms with Crippen molar-refractivity contribution in [3.63, 3.8) is 0 Å². The van der Waals surface area contributed by atoms with Crippen molar-refractivity contribution < 1.29 is 9.47 Å². The van der Waals surface area contributed by atoms with Crippen molar-refractivity contribution in [2.24, 2.45) is 0 Å². The summed E-state index contributed by atoms with van der Waals surface area (Å²) in [4.78, 5) is 4.54. The van der Waals surface area contributed by atoms with Gasteiger partial charge >= 0.3 is 0 Å². The van der Waals surface area contributed by atoms with E-state index < -0.39 is 0 Å². The molecular weight excluding hydrogens is 410 g/mol. The van der Waals surface area contributed by atoms with E-state index in [0.29, 0.717) is 5.56 Å². The largest absolute Gasteiger partial charge is 0.497 e. The summed E-state index contributed by atoms with van der Waals surface area (Å²) in [6.45, 7) is 4.93. The quantitative estimate of drug-likeness (QED) is 0.325. The van der Waals surface area contributed by atoms with Crippen LogP contribution in [0.5, 0.6) is 11.5 Å². The van der Waals surface area contributed by atoms with Crippen molar-refractivity contribution in [3.8, 4) is 40.0 Å². The van der Waals surface area contributed by atoms with Gasteiger partial charge in [0.05, 0.1) is 19.4 Å². The Bertz CT molecular complexity index is 1080. The lowest BCUT2D eigenvalue weighted by Gasteiger charge is -2.16. The molecule has 0 unspecified atom stereocenters. The molecule has 2 aromatic carbocycles. The first kappa shape index (κ1) is 24.1. The van der Waals surface area contributed by atoms with Gasteiger partial charge in [-0.1, -0.05) is 51.2 Å². The maximum Gasteiger partial charge on any atom is 0.142 e. The van der Waals surface area contributed by atoms with Gasteiger partial charge in [-0.05, 0) is 60.9 Å². The molecule has 172 valence electrons. The second-order valence-corrected chi connectivity index (χ2v) is 8.20. The molecular formula is C28H33N3O2. The van der Waals surface area contributed by atoms with Gasteiger partial charge in [-0.3, -0.25) is 0 Å². The average molecular weight is 444 g/mol. The standard InChI is InChI=1S/C28H33N3O2/c1-4-5-6-7-8-9-18-33-24-16-10-21(11-17-24)26-20(2)27(31-28(30)25(26)19-29)22-12-14-23(32-3)15-13-22/h10-17H,4-9,18H2,1-3H3,(H2,30,31). The van der Waals surface area contributed by atoms with Crippen LogP contribution >= 0.6 is 0 Å². The molecule has 0 saturated carbocycles. The van der Waals surface area contributed by atoms with E-state index in [4.69, 9.17) is 15.2 Å². The number of hydrogen-bond donors (Lipinski definition) is 1. The van der Waals surface area contributed by atoms with Crippen molar-refractivity contribution in [2.75, 3.05) is 19.5 Å². The first-order valence-corrected chi connectivity index (χ1v) is 11.7. The van der Waals surface area contributed by atoms with Crippen LogP contribution in [0.1, 0.15) is 56.6 Å². The first-order valence-electron chi connectivity index (χ1n) is 11.7. The third kappa shape index (κ3) is 6.04. The first-order chi connectivity index (χ1) is 16.1. The van der Waals surface area contributed by atoms with Gasteiger partial charge in [0.2, 0.25) is 0 Å². The molecule has 3 aromatic rings. The SMILES string of the molecule is CCCCCCCCOc1ccc(-c2c(C)c(-c3ccc(OC)cc3)nc(N)c2C#N)cc1. The minimum atomic E-state index is 0.229. The maximum atomic E-state index is 9.78. The molecule has 0 aliphatic carbocycles. The monoisotopic (exact) mass is 443 g/mol. The lowest BCUT2D eigenvalue weighted by Crippen LogP contribution is -2.03. The molecule has 0 saturated heterocycles. The number of methoxy groups -OCH3 is 1. The molecule has 0 radical (unpaired) electrons. The van der Waals surface area contributed by atoms with Crippen LogP contribution in [0, 0.1) is 18.3 Å². The summed E-state index contributed by atoms with van der Waals surface area (Å²) in [7, 11) is 1.64. The second-order valence-electron chi connectivity index (χ2n) is 8.20. The summed E-state index contributed by atoms with van der Waals surface area (Å²) >= 11 is 0. The molecule has 5 heteroatoms. The predicted octanol–water partition coefficient (Wildman–Crippen LogP) is 6.93. The van der Waals surface area contributed by atoms with E-state index in [1.165, 1.54) is 32.1 Å². The van der Waals surface area contributed by atoms with Gasteiger partial charge in [-0.2, -0.15) is 5.26 Å². The number of nitrogens with zero attached hydrogens (tertiary/aromatic N) is 2. The predicted molar refractivity (Wildman–Crippen MR) is 134 cm³/mol. The number of nitriles is 1. The Kier molecular flexibility index (Phi) is 8.71. The van der Waals surface area contributed by atoms with E-state index in [1.807, 2.05) is 55.5 Å². The molecule has 2 N–H and O–H groups in total. The van der Waals surface area contributed by atoms with Crippen molar-refractivity contribution in [3.05, 3.63) is 59.7 Å². The zero-order valence-electron chi connectivity index (χ0n) is 19.9. The Morgan fingerprint density at radius 1 is 0.879 bits per heavy atom. The zero-order chi connectivity index (χ0) is 23.6. The molecule has 0 spiro atoms. The Morgan fingerprint density at radius 2 is 1.48 bits per heavy atom. The highest BCUT2D eigenvalue weighted by molar-refractivity contribution is 5.84. The van der Waals surface area contributed by atoms with E-state index >= 15 is 0 Å². The number of benzene rings is 2. The molecule has 1 heterocycles. The van der Waals surface area contributed by atoms with Gasteiger partial charge < -0.3 is 15.2 Å². The van der Waals surface area contributed by atoms with Crippen LogP contribution in [-0.2, 0) is 0 Å². The molecule has 0 atom stereocenters. The third-order valence-electron chi connectivity index (χ3n) is 5.85. The lowest BCUT2D eigenvalue weighted by molar-refractivity contribution is 0.304. The minimum Gasteiger partial charge on any atom is -0.497 e. The van der Waals surface area contributed by atoms with E-state index in [9.17, 15) is 5.26 Å². The van der Waals surface area contributed by atoms with E-state index in [2.05, 4.69) is 18.0 Å². The van der Waals surface area contributed by atoms with E-state index in [0.717, 1.165) is 52.5 Å². The summed E-state index contributed by atoms with van der Waals surface area (Å²) in [5, 5.41) is 9.78. The fraction of sp³-hybridized carbons (Fsp3) is 0.357. The Hall–Kier alpha value is -3.52. The molecule has 3 rings (SSSR count). The highest BCUT2D eigenvalue weighted by Crippen LogP contribution is 2.36. The Morgan fingerprint density at radius 3 is 2.12 bits per heavy atom. The summed E-state index contributed by atoms with van der Waals surface area (Å²) in [6.07, 6.45) is 7.42. The lowest BCUT2D eigenvalue weighted by atomic mass is 9.93. The number of nitrogen functional groups attached to an aromatic ring is 1. The van der Waals surface area contributed by atoms with Gasteiger partial charge in [0.25, 0.3) is 0 Å². The van der Waals surface area contributed by atoms with Crippen LogP contribution in [-0.4, -0.2) is 18.7 Å². The van der Waals surface area contributed by atoms with Crippen molar-refractivity contribution >= 4 is 5.82 Å². The Labute approximate surface area is 197 Å². The number of rotatable bonds is 11. The topological polar surface area (TPSA) is 81.2 Å². The van der Waals surface area contributed by atoms with Crippen molar-refractivity contribution in [1.82, 2.24) is 4.98 Å². The maximum absolute atomic E-state index is 9.78. The molecule has 1 aromatic heterocycles. The van der Waals surface area contributed by atoms with E-state index in [1.54, 1.807) is 7.11 Å². The zero-order valence-corrected chi connectivity index (χ0v) is 19.9. The summed E-state index contributed by atoms with van der Waals surface area (Å²) < 4.78 is 11.2. The molecule has 5 nitrogen and oxygen atoms in total. The highest BCUT2D eigenvalue weighted by atomic mass is 16.5. The van der Waals surface area contributed by atoms with Crippen molar-refractivity contribution in [2.45, 2.75) is 52.4 Å². The van der Waals surface area contributed by atoms with Crippen LogP contribution in [0.15, 0.2) is 48.5 Å². The summed E-state index contributed by atoms with van der Waals surface area (Å²) in [5.41, 5.74) is 10.9. The highest BCUT2D eigenvalue weighted by Gasteiger charge is 2.18. The van der Waals surface area contributed by atoms with Gasteiger partial charge in [-0.15, -0.1) is 0 Å². The van der Waals surface area contributed by atoms with Gasteiger partial charge in [0.1, 0.15) is 28.9 Å². The minimum absolute atomic E-state index is 0.229. The molecule has 0 aliphatic rings. The number of nitrogens with two attached hydrogens (primary N) is 1. The van der Waals surface area contributed by atoms with Gasteiger partial charge in [0, 0.05) is 11.1 Å². The van der Waals surface area contributed by atoms with Crippen LogP contribution in [0.4, 0.5) is 5.82 Å². The number of anilines is 1. The average Bonchev–Trinajstić information content (AvgIpc) is 2.85. The van der Waals surface area contributed by atoms with Crippen molar-refractivity contribution in [1.29, 1.82) is 5.26 Å². The van der Waals surface area contributed by atoms with Crippen LogP contribution in [0.3, 0.4) is 0 Å². The smallest absolute Gasteiger partial charge is 0.142 e. The number of ether oxygens (including phenoxy) is 2. The summed E-state index contributed by atoms with van der Waals surface area (Å²) in [5.74, 6) is 1.84. The summed E-state index contributed by atoms with van der Waals surface area (Å²) in [6, 6.07) is 17.8. The van der Waals surface area contributed by atoms with Crippen LogP contribution < -0.4 is 15.2 Å². The molecule has 0 bridgehead atoms.